The Kier molecular flexibility index (Phi) is 4.30. The Bertz CT molecular complexity index is 393. The van der Waals surface area contributed by atoms with Crippen LogP contribution in [0.25, 0.3) is 0 Å². The van der Waals surface area contributed by atoms with Crippen molar-refractivity contribution in [1.29, 1.82) is 5.26 Å². The van der Waals surface area contributed by atoms with Crippen LogP contribution in [0.2, 0.25) is 0 Å². The van der Waals surface area contributed by atoms with Crippen LogP contribution in [0.15, 0.2) is 24.3 Å². The fourth-order valence-corrected chi connectivity index (χ4v) is 1.26. The molecular weight excluding hydrogens is 204 g/mol. The van der Waals surface area contributed by atoms with Gasteiger partial charge in [-0.15, -0.1) is 0 Å². The Hall–Kier alpha value is -2.06. The van der Waals surface area contributed by atoms with Crippen LogP contribution >= 0.6 is 0 Å². The minimum Gasteiger partial charge on any atom is -0.374 e. The molecule has 1 aromatic carbocycles. The minimum atomic E-state index is -0.194. The first-order valence-electron chi connectivity index (χ1n) is 4.88. The molecule has 0 aromatic heterocycles. The maximum absolute atomic E-state index is 10.9. The first-order valence-corrected chi connectivity index (χ1v) is 4.88. The maximum atomic E-state index is 10.9. The van der Waals surface area contributed by atoms with Gasteiger partial charge in [0.1, 0.15) is 0 Å². The Balaban J connectivity index is 2.56. The van der Waals surface area contributed by atoms with Gasteiger partial charge in [0.05, 0.1) is 11.6 Å². The molecule has 0 saturated heterocycles. The van der Waals surface area contributed by atoms with Gasteiger partial charge < -0.3 is 4.90 Å². The van der Waals surface area contributed by atoms with Gasteiger partial charge in [0, 0.05) is 25.7 Å². The largest absolute Gasteiger partial charge is 0.374 e. The van der Waals surface area contributed by atoms with Gasteiger partial charge in [-0.2, -0.15) is 5.26 Å². The number of nitrogens with one attached hydrogen (secondary N) is 1. The smallest absolute Gasteiger partial charge is 0.235 e. The number of nitrogens with zero attached hydrogens (tertiary/aromatic N) is 2. The number of nitrogens with two attached hydrogens (primary N) is 1. The second kappa shape index (κ2) is 5.73. The molecule has 0 aliphatic heterocycles. The fourth-order valence-electron chi connectivity index (χ4n) is 1.26. The van der Waals surface area contributed by atoms with E-state index < -0.39 is 0 Å². The lowest BCUT2D eigenvalue weighted by molar-refractivity contribution is -0.120. The number of hydrogen-bond donors (Lipinski definition) is 2. The first kappa shape index (κ1) is 12.0. The van der Waals surface area contributed by atoms with Crippen molar-refractivity contribution in [2.24, 2.45) is 5.84 Å². The van der Waals surface area contributed by atoms with E-state index in [4.69, 9.17) is 11.1 Å². The lowest BCUT2D eigenvalue weighted by atomic mass is 10.2. The van der Waals surface area contributed by atoms with Crippen molar-refractivity contribution >= 4 is 11.6 Å². The SMILES string of the molecule is CN(CCC(=O)NN)c1ccc(C#N)cc1. The van der Waals surface area contributed by atoms with Gasteiger partial charge in [0.15, 0.2) is 0 Å². The average Bonchev–Trinajstić information content (AvgIpc) is 2.35. The summed E-state index contributed by atoms with van der Waals surface area (Å²) in [5.41, 5.74) is 3.67. The summed E-state index contributed by atoms with van der Waals surface area (Å²) in [7, 11) is 1.88. The van der Waals surface area contributed by atoms with Crippen molar-refractivity contribution in [1.82, 2.24) is 5.43 Å². The number of carbonyl (C=O) groups excluding carboxylic acids is 1. The van der Waals surface area contributed by atoms with E-state index in [1.807, 2.05) is 24.1 Å². The van der Waals surface area contributed by atoms with Gasteiger partial charge in [-0.3, -0.25) is 10.2 Å². The van der Waals surface area contributed by atoms with Gasteiger partial charge in [-0.1, -0.05) is 0 Å². The minimum absolute atomic E-state index is 0.194. The van der Waals surface area contributed by atoms with Crippen LogP contribution in [0.1, 0.15) is 12.0 Å². The average molecular weight is 218 g/mol. The zero-order valence-corrected chi connectivity index (χ0v) is 9.10. The topological polar surface area (TPSA) is 82.2 Å². The quantitative estimate of drug-likeness (QED) is 0.434. The van der Waals surface area contributed by atoms with Crippen LogP contribution in [0, 0.1) is 11.3 Å². The Labute approximate surface area is 94.4 Å². The third-order valence-corrected chi connectivity index (χ3v) is 2.27. The van der Waals surface area contributed by atoms with Crippen molar-refractivity contribution in [3.05, 3.63) is 29.8 Å². The van der Waals surface area contributed by atoms with Gasteiger partial charge in [-0.25, -0.2) is 5.84 Å². The highest BCUT2D eigenvalue weighted by Gasteiger charge is 2.04. The lowest BCUT2D eigenvalue weighted by Gasteiger charge is -2.18. The predicted molar refractivity (Wildman–Crippen MR) is 61.4 cm³/mol. The van der Waals surface area contributed by atoms with Gasteiger partial charge >= 0.3 is 0 Å². The number of carbonyl (C=O) groups is 1. The Morgan fingerprint density at radius 1 is 1.50 bits per heavy atom. The normalized spacial score (nSPS) is 9.31. The molecule has 0 heterocycles. The predicted octanol–water partition coefficient (Wildman–Crippen LogP) is 0.374. The molecular formula is C11H14N4O. The monoisotopic (exact) mass is 218 g/mol. The summed E-state index contributed by atoms with van der Waals surface area (Å²) >= 11 is 0. The maximum Gasteiger partial charge on any atom is 0.235 e. The molecule has 5 nitrogen and oxygen atoms in total. The number of rotatable bonds is 4. The van der Waals surface area contributed by atoms with Crippen molar-refractivity contribution in [2.75, 3.05) is 18.5 Å². The molecule has 0 radical (unpaired) electrons. The number of hydrazine groups is 1. The molecule has 5 heteroatoms. The summed E-state index contributed by atoms with van der Waals surface area (Å²) in [5, 5.41) is 8.64. The molecule has 0 atom stereocenters. The van der Waals surface area contributed by atoms with E-state index in [1.54, 1.807) is 12.1 Å². The molecule has 0 unspecified atom stereocenters. The molecule has 0 fully saturated rings. The van der Waals surface area contributed by atoms with Crippen molar-refractivity contribution in [3.8, 4) is 6.07 Å². The summed E-state index contributed by atoms with van der Waals surface area (Å²) in [6.45, 7) is 0.578. The van der Waals surface area contributed by atoms with E-state index in [0.717, 1.165) is 5.69 Å². The highest BCUT2D eigenvalue weighted by molar-refractivity contribution is 5.75. The molecule has 1 amide bonds. The summed E-state index contributed by atoms with van der Waals surface area (Å²) in [6, 6.07) is 9.24. The number of benzene rings is 1. The number of amides is 1. The van der Waals surface area contributed by atoms with Crippen LogP contribution in [0.4, 0.5) is 5.69 Å². The van der Waals surface area contributed by atoms with Crippen LogP contribution < -0.4 is 16.2 Å². The lowest BCUT2D eigenvalue weighted by Crippen LogP contribution is -2.33. The van der Waals surface area contributed by atoms with E-state index in [1.165, 1.54) is 0 Å². The molecule has 84 valence electrons. The van der Waals surface area contributed by atoms with Gasteiger partial charge in [0.2, 0.25) is 5.91 Å². The Morgan fingerprint density at radius 3 is 2.62 bits per heavy atom. The van der Waals surface area contributed by atoms with Crippen molar-refractivity contribution in [3.63, 3.8) is 0 Å². The molecule has 0 bridgehead atoms. The summed E-state index contributed by atoms with van der Waals surface area (Å²) < 4.78 is 0. The van der Waals surface area contributed by atoms with E-state index in [2.05, 4.69) is 11.5 Å². The second-order valence-corrected chi connectivity index (χ2v) is 3.40. The Morgan fingerprint density at radius 2 is 2.12 bits per heavy atom. The molecule has 0 aliphatic rings. The van der Waals surface area contributed by atoms with E-state index in [-0.39, 0.29) is 5.91 Å². The first-order chi connectivity index (χ1) is 7.67. The van der Waals surface area contributed by atoms with Gasteiger partial charge in [0.25, 0.3) is 0 Å². The summed E-state index contributed by atoms with van der Waals surface area (Å²) in [4.78, 5) is 12.9. The molecule has 0 saturated carbocycles. The van der Waals surface area contributed by atoms with Crippen molar-refractivity contribution < 1.29 is 4.79 Å². The molecule has 0 aliphatic carbocycles. The van der Waals surface area contributed by atoms with Crippen molar-refractivity contribution in [2.45, 2.75) is 6.42 Å². The summed E-state index contributed by atoms with van der Waals surface area (Å²) in [6.07, 6.45) is 0.340. The van der Waals surface area contributed by atoms with Crippen LogP contribution in [0.3, 0.4) is 0 Å². The van der Waals surface area contributed by atoms with Crippen LogP contribution in [-0.2, 0) is 4.79 Å². The van der Waals surface area contributed by atoms with Crippen LogP contribution in [0.5, 0.6) is 0 Å². The molecule has 0 spiro atoms. The standard InChI is InChI=1S/C11H14N4O/c1-15(7-6-11(16)14-13)10-4-2-9(8-12)3-5-10/h2-5H,6-7,13H2,1H3,(H,14,16). The van der Waals surface area contributed by atoms with Crippen LogP contribution in [-0.4, -0.2) is 19.5 Å². The molecule has 1 rings (SSSR count). The summed E-state index contributed by atoms with van der Waals surface area (Å²) in [5.74, 6) is 4.79. The van der Waals surface area contributed by atoms with E-state index in [9.17, 15) is 4.79 Å². The number of nitriles is 1. The zero-order chi connectivity index (χ0) is 12.0. The molecule has 16 heavy (non-hydrogen) atoms. The van der Waals surface area contributed by atoms with E-state index in [0.29, 0.717) is 18.5 Å². The van der Waals surface area contributed by atoms with E-state index >= 15 is 0 Å². The number of hydrogen-bond acceptors (Lipinski definition) is 4. The second-order valence-electron chi connectivity index (χ2n) is 3.40. The fraction of sp³-hybridized carbons (Fsp3) is 0.273. The van der Waals surface area contributed by atoms with Gasteiger partial charge in [-0.05, 0) is 24.3 Å². The third kappa shape index (κ3) is 3.26. The highest BCUT2D eigenvalue weighted by atomic mass is 16.2. The highest BCUT2D eigenvalue weighted by Crippen LogP contribution is 2.13. The molecule has 3 N–H and O–H groups in total. The third-order valence-electron chi connectivity index (χ3n) is 2.27. The molecule has 1 aromatic rings. The zero-order valence-electron chi connectivity index (χ0n) is 9.10. The number of anilines is 1.